The van der Waals surface area contributed by atoms with Crippen molar-refractivity contribution in [2.24, 2.45) is 0 Å². The van der Waals surface area contributed by atoms with Gasteiger partial charge < -0.3 is 10.1 Å². The molecular weight excluding hydrogens is 357 g/mol. The number of benzene rings is 1. The molecule has 1 aromatic carbocycles. The van der Waals surface area contributed by atoms with Crippen molar-refractivity contribution in [2.75, 3.05) is 26.8 Å². The highest BCUT2D eigenvalue weighted by atomic mass is 35.5. The van der Waals surface area contributed by atoms with Crippen LogP contribution in [0.1, 0.15) is 12.8 Å². The SMILES string of the molecule is COCC1(CNS(=O)(=O)c2cc(F)c(F)c(F)c2)CCCN1.Cl. The van der Waals surface area contributed by atoms with Crippen LogP contribution in [0.3, 0.4) is 0 Å². The van der Waals surface area contributed by atoms with Crippen molar-refractivity contribution in [3.05, 3.63) is 29.6 Å². The smallest absolute Gasteiger partial charge is 0.240 e. The minimum Gasteiger partial charge on any atom is -0.383 e. The van der Waals surface area contributed by atoms with Gasteiger partial charge in [0, 0.05) is 13.7 Å². The lowest BCUT2D eigenvalue weighted by Crippen LogP contribution is -2.52. The third-order valence-electron chi connectivity index (χ3n) is 3.62. The molecule has 132 valence electrons. The first kappa shape index (κ1) is 20.2. The van der Waals surface area contributed by atoms with Crippen molar-refractivity contribution in [2.45, 2.75) is 23.3 Å². The van der Waals surface area contributed by atoms with Gasteiger partial charge in [-0.05, 0) is 31.5 Å². The Labute approximate surface area is 139 Å². The first-order valence-electron chi connectivity index (χ1n) is 6.68. The molecule has 0 aromatic heterocycles. The molecule has 1 aliphatic heterocycles. The van der Waals surface area contributed by atoms with Gasteiger partial charge in [0.15, 0.2) is 17.5 Å². The molecule has 1 aliphatic rings. The van der Waals surface area contributed by atoms with Crippen molar-refractivity contribution in [1.29, 1.82) is 0 Å². The number of halogens is 4. The number of hydrogen-bond acceptors (Lipinski definition) is 4. The molecule has 1 saturated heterocycles. The summed E-state index contributed by atoms with van der Waals surface area (Å²) in [6, 6.07) is 0.900. The predicted molar refractivity (Wildman–Crippen MR) is 80.6 cm³/mol. The summed E-state index contributed by atoms with van der Waals surface area (Å²) in [5.74, 6) is -4.80. The Balaban J connectivity index is 0.00000264. The standard InChI is InChI=1S/C13H17F3N2O3S.ClH/c1-21-8-13(3-2-4-17-13)7-18-22(19,20)9-5-10(14)12(16)11(15)6-9;/h5-6,17-18H,2-4,7-8H2,1H3;1H. The molecule has 0 spiro atoms. The van der Waals surface area contributed by atoms with Gasteiger partial charge in [-0.1, -0.05) is 0 Å². The zero-order chi connectivity index (χ0) is 16.4. The highest BCUT2D eigenvalue weighted by Gasteiger charge is 2.35. The van der Waals surface area contributed by atoms with Gasteiger partial charge in [-0.25, -0.2) is 26.3 Å². The lowest BCUT2D eigenvalue weighted by atomic mass is 9.99. The van der Waals surface area contributed by atoms with Crippen LogP contribution >= 0.6 is 12.4 Å². The van der Waals surface area contributed by atoms with Crippen LogP contribution in [0.4, 0.5) is 13.2 Å². The second-order valence-corrected chi connectivity index (χ2v) is 7.04. The summed E-state index contributed by atoms with van der Waals surface area (Å²) in [4.78, 5) is -0.658. The molecule has 1 heterocycles. The molecule has 2 rings (SSSR count). The molecule has 0 bridgehead atoms. The fraction of sp³-hybridized carbons (Fsp3) is 0.538. The van der Waals surface area contributed by atoms with Crippen molar-refractivity contribution in [3.63, 3.8) is 0 Å². The summed E-state index contributed by atoms with van der Waals surface area (Å²) in [5, 5.41) is 3.17. The summed E-state index contributed by atoms with van der Waals surface area (Å²) < 4.78 is 70.8. The highest BCUT2D eigenvalue weighted by molar-refractivity contribution is 7.89. The highest BCUT2D eigenvalue weighted by Crippen LogP contribution is 2.21. The van der Waals surface area contributed by atoms with E-state index in [1.54, 1.807) is 0 Å². The zero-order valence-corrected chi connectivity index (χ0v) is 14.0. The van der Waals surface area contributed by atoms with Crippen LogP contribution in [0.2, 0.25) is 0 Å². The van der Waals surface area contributed by atoms with Gasteiger partial charge in [0.2, 0.25) is 10.0 Å². The van der Waals surface area contributed by atoms with Crippen molar-refractivity contribution < 1.29 is 26.3 Å². The minimum absolute atomic E-state index is 0. The van der Waals surface area contributed by atoms with Crippen LogP contribution in [0.15, 0.2) is 17.0 Å². The van der Waals surface area contributed by atoms with E-state index in [0.717, 1.165) is 13.0 Å². The Morgan fingerprint density at radius 3 is 2.39 bits per heavy atom. The van der Waals surface area contributed by atoms with Gasteiger partial charge in [0.25, 0.3) is 0 Å². The quantitative estimate of drug-likeness (QED) is 0.742. The van der Waals surface area contributed by atoms with E-state index < -0.39 is 37.9 Å². The Bertz CT molecular complexity index is 629. The van der Waals surface area contributed by atoms with Crippen molar-refractivity contribution in [3.8, 4) is 0 Å². The van der Waals surface area contributed by atoms with E-state index in [9.17, 15) is 21.6 Å². The van der Waals surface area contributed by atoms with Crippen molar-refractivity contribution in [1.82, 2.24) is 10.0 Å². The van der Waals surface area contributed by atoms with Gasteiger partial charge in [0.1, 0.15) is 0 Å². The van der Waals surface area contributed by atoms with E-state index in [0.29, 0.717) is 25.2 Å². The van der Waals surface area contributed by atoms with E-state index in [2.05, 4.69) is 10.0 Å². The van der Waals surface area contributed by atoms with Crippen LogP contribution < -0.4 is 10.0 Å². The first-order chi connectivity index (χ1) is 10.3. The second-order valence-electron chi connectivity index (χ2n) is 5.27. The Hall–Kier alpha value is -0.870. The average Bonchev–Trinajstić information content (AvgIpc) is 2.92. The summed E-state index contributed by atoms with van der Waals surface area (Å²) in [6.45, 7) is 1.02. The van der Waals surface area contributed by atoms with Crippen LogP contribution in [-0.2, 0) is 14.8 Å². The summed E-state index contributed by atoms with van der Waals surface area (Å²) in [7, 11) is -2.66. The van der Waals surface area contributed by atoms with E-state index >= 15 is 0 Å². The zero-order valence-electron chi connectivity index (χ0n) is 12.4. The number of nitrogens with one attached hydrogen (secondary N) is 2. The second kappa shape index (κ2) is 7.80. The summed E-state index contributed by atoms with van der Waals surface area (Å²) >= 11 is 0. The molecule has 2 N–H and O–H groups in total. The fourth-order valence-electron chi connectivity index (χ4n) is 2.47. The van der Waals surface area contributed by atoms with E-state index in [1.165, 1.54) is 7.11 Å². The van der Waals surface area contributed by atoms with E-state index in [1.807, 2.05) is 0 Å². The largest absolute Gasteiger partial charge is 0.383 e. The molecule has 1 aromatic rings. The molecular formula is C13H18ClF3N2O3S. The van der Waals surface area contributed by atoms with Gasteiger partial charge in [-0.15, -0.1) is 12.4 Å². The maximum absolute atomic E-state index is 13.2. The van der Waals surface area contributed by atoms with E-state index in [4.69, 9.17) is 4.74 Å². The lowest BCUT2D eigenvalue weighted by Gasteiger charge is -2.28. The van der Waals surface area contributed by atoms with Crippen LogP contribution in [0, 0.1) is 17.5 Å². The number of methoxy groups -OCH3 is 1. The molecule has 23 heavy (non-hydrogen) atoms. The van der Waals surface area contributed by atoms with Crippen LogP contribution in [0.5, 0.6) is 0 Å². The predicted octanol–water partition coefficient (Wildman–Crippen LogP) is 1.57. The minimum atomic E-state index is -4.16. The molecule has 1 atom stereocenters. The van der Waals surface area contributed by atoms with Gasteiger partial charge in [-0.2, -0.15) is 0 Å². The van der Waals surface area contributed by atoms with Crippen molar-refractivity contribution >= 4 is 22.4 Å². The number of hydrogen-bond donors (Lipinski definition) is 2. The monoisotopic (exact) mass is 374 g/mol. The topological polar surface area (TPSA) is 67.4 Å². The Morgan fingerprint density at radius 1 is 1.30 bits per heavy atom. The third kappa shape index (κ3) is 4.57. The maximum atomic E-state index is 13.2. The molecule has 0 amide bonds. The first-order valence-corrected chi connectivity index (χ1v) is 8.16. The molecule has 0 aliphatic carbocycles. The van der Waals surface area contributed by atoms with Crippen LogP contribution in [-0.4, -0.2) is 40.8 Å². The molecule has 1 unspecified atom stereocenters. The third-order valence-corrected chi connectivity index (χ3v) is 5.00. The normalized spacial score (nSPS) is 21.2. The van der Waals surface area contributed by atoms with Crippen LogP contribution in [0.25, 0.3) is 0 Å². The molecule has 10 heteroatoms. The summed E-state index contributed by atoms with van der Waals surface area (Å²) in [6.07, 6.45) is 1.57. The lowest BCUT2D eigenvalue weighted by molar-refractivity contribution is 0.122. The van der Waals surface area contributed by atoms with E-state index in [-0.39, 0.29) is 19.0 Å². The summed E-state index contributed by atoms with van der Waals surface area (Å²) in [5.41, 5.74) is -0.557. The average molecular weight is 375 g/mol. The fourth-order valence-corrected chi connectivity index (χ4v) is 3.62. The molecule has 0 saturated carbocycles. The maximum Gasteiger partial charge on any atom is 0.240 e. The van der Waals surface area contributed by atoms with Gasteiger partial charge >= 0.3 is 0 Å². The molecule has 1 fully saturated rings. The number of ether oxygens (including phenoxy) is 1. The number of rotatable bonds is 6. The Morgan fingerprint density at radius 2 is 1.91 bits per heavy atom. The molecule has 5 nitrogen and oxygen atoms in total. The van der Waals surface area contributed by atoms with Gasteiger partial charge in [0.05, 0.1) is 17.0 Å². The Kier molecular flexibility index (Phi) is 6.84. The number of sulfonamides is 1. The van der Waals surface area contributed by atoms with Gasteiger partial charge in [-0.3, -0.25) is 0 Å². The molecule has 0 radical (unpaired) electrons.